The first-order valence-corrected chi connectivity index (χ1v) is 8.70. The fourth-order valence-electron chi connectivity index (χ4n) is 2.33. The molecule has 1 aromatic rings. The third-order valence-electron chi connectivity index (χ3n) is 3.54. The van der Waals surface area contributed by atoms with Crippen LogP contribution in [0.2, 0.25) is 0 Å². The van der Waals surface area contributed by atoms with Gasteiger partial charge in [0.1, 0.15) is 5.70 Å². The van der Waals surface area contributed by atoms with E-state index in [1.807, 2.05) is 0 Å². The highest BCUT2D eigenvalue weighted by Crippen LogP contribution is 2.40. The average Bonchev–Trinajstić information content (AvgIpc) is 2.75. The maximum absolute atomic E-state index is 13.2. The van der Waals surface area contributed by atoms with Crippen LogP contribution in [0.25, 0.3) is 0 Å². The first-order chi connectivity index (χ1) is 12.7. The van der Waals surface area contributed by atoms with Crippen molar-refractivity contribution in [2.45, 2.75) is 6.18 Å². The van der Waals surface area contributed by atoms with Gasteiger partial charge in [0.2, 0.25) is 0 Å². The number of sulfonamides is 1. The molecular weight excluding hydrogens is 409 g/mol. The number of rotatable bonds is 4. The zero-order valence-electron chi connectivity index (χ0n) is 14.2. The van der Waals surface area contributed by atoms with Crippen LogP contribution in [0.1, 0.15) is 15.9 Å². The molecule has 0 radical (unpaired) electrons. The Morgan fingerprint density at radius 2 is 1.82 bits per heavy atom. The number of phenolic OH excluding ortho intramolecular Hbond substituents is 1. The number of carbonyl (C=O) groups is 3. The number of hydrogen-bond acceptors (Lipinski definition) is 7. The number of nitrogens with zero attached hydrogens (tertiary/aromatic N) is 1. The monoisotopic (exact) mass is 422 g/mol. The van der Waals surface area contributed by atoms with Gasteiger partial charge in [0.05, 0.1) is 16.8 Å². The number of alkyl halides is 3. The number of nitrogens with two attached hydrogens (primary N) is 1. The molecule has 0 fully saturated rings. The Hall–Kier alpha value is -3.29. The van der Waals surface area contributed by atoms with E-state index in [4.69, 9.17) is 5.73 Å². The van der Waals surface area contributed by atoms with Crippen LogP contribution in [0.4, 0.5) is 18.9 Å². The van der Waals surface area contributed by atoms with Gasteiger partial charge in [-0.2, -0.15) is 13.2 Å². The minimum atomic E-state index is -5.00. The molecule has 0 saturated carbocycles. The van der Waals surface area contributed by atoms with Crippen molar-refractivity contribution in [2.24, 2.45) is 5.73 Å². The summed E-state index contributed by atoms with van der Waals surface area (Å²) < 4.78 is 64.6. The van der Waals surface area contributed by atoms with Crippen molar-refractivity contribution in [3.8, 4) is 5.75 Å². The van der Waals surface area contributed by atoms with Crippen LogP contribution in [-0.4, -0.2) is 50.2 Å². The third-order valence-corrected chi connectivity index (χ3v) is 4.93. The van der Waals surface area contributed by atoms with Crippen LogP contribution in [0.15, 0.2) is 22.7 Å². The van der Waals surface area contributed by atoms with Crippen molar-refractivity contribution in [3.05, 3.63) is 33.9 Å². The standard InChI is InChI=1S/C14H13F3N4O6S/c1-21(2)13(25)7-5(14(15,16)17)3-4-6(9(7)22)19-8-10(11(18)23)28(26,27)20-12(8)24/h3-4,19,22H,1-2H3,(H2,18,23)(H,20,24). The summed E-state index contributed by atoms with van der Waals surface area (Å²) in [5.41, 5.74) is 0.809. The van der Waals surface area contributed by atoms with Crippen LogP contribution >= 0.6 is 0 Å². The van der Waals surface area contributed by atoms with Crippen LogP contribution in [-0.2, 0) is 25.8 Å². The zero-order chi connectivity index (χ0) is 21.6. The molecule has 1 aromatic carbocycles. The first kappa shape index (κ1) is 21.0. The molecule has 5 N–H and O–H groups in total. The molecule has 3 amide bonds. The summed E-state index contributed by atoms with van der Waals surface area (Å²) in [6.45, 7) is 0. The Labute approximate surface area is 155 Å². The minimum absolute atomic E-state index is 0.449. The number of phenols is 1. The summed E-state index contributed by atoms with van der Waals surface area (Å²) in [5, 5.41) is 12.3. The Bertz CT molecular complexity index is 1030. The van der Waals surface area contributed by atoms with Gasteiger partial charge in [0.15, 0.2) is 10.7 Å². The number of anilines is 1. The molecule has 28 heavy (non-hydrogen) atoms. The number of carbonyl (C=O) groups excluding carboxylic acids is 3. The van der Waals surface area contributed by atoms with Gasteiger partial charge in [-0.1, -0.05) is 0 Å². The Morgan fingerprint density at radius 1 is 1.25 bits per heavy atom. The molecule has 152 valence electrons. The summed E-state index contributed by atoms with van der Waals surface area (Å²) in [7, 11) is -2.29. The van der Waals surface area contributed by atoms with E-state index in [9.17, 15) is 41.1 Å². The minimum Gasteiger partial charge on any atom is -0.505 e. The van der Waals surface area contributed by atoms with Crippen molar-refractivity contribution < 1.29 is 41.1 Å². The lowest BCUT2D eigenvalue weighted by Gasteiger charge is -2.19. The predicted molar refractivity (Wildman–Crippen MR) is 88.0 cm³/mol. The molecule has 0 aliphatic carbocycles. The van der Waals surface area contributed by atoms with Crippen molar-refractivity contribution in [2.75, 3.05) is 19.4 Å². The van der Waals surface area contributed by atoms with Crippen LogP contribution in [0.5, 0.6) is 5.75 Å². The topological polar surface area (TPSA) is 159 Å². The normalized spacial score (nSPS) is 16.0. The van der Waals surface area contributed by atoms with Gasteiger partial charge in [-0.05, 0) is 12.1 Å². The SMILES string of the molecule is CN(C)C(=O)c1c(C(F)(F)F)ccc(NC2=C(C(N)=O)S(=O)(=O)NC2=O)c1O. The first-order valence-electron chi connectivity index (χ1n) is 7.21. The summed E-state index contributed by atoms with van der Waals surface area (Å²) >= 11 is 0. The van der Waals surface area contributed by atoms with Crippen LogP contribution in [0, 0.1) is 0 Å². The second-order valence-corrected chi connectivity index (χ2v) is 7.33. The highest BCUT2D eigenvalue weighted by molar-refractivity contribution is 7.95. The molecule has 0 bridgehead atoms. The molecule has 2 rings (SSSR count). The van der Waals surface area contributed by atoms with Gasteiger partial charge < -0.3 is 21.1 Å². The summed E-state index contributed by atoms with van der Waals surface area (Å²) in [5.74, 6) is -5.26. The van der Waals surface area contributed by atoms with Gasteiger partial charge in [-0.25, -0.2) is 13.1 Å². The highest BCUT2D eigenvalue weighted by Gasteiger charge is 2.41. The number of amides is 3. The molecule has 0 aromatic heterocycles. The Kier molecular flexibility index (Phi) is 5.03. The van der Waals surface area contributed by atoms with Crippen molar-refractivity contribution in [3.63, 3.8) is 0 Å². The number of primary amides is 1. The van der Waals surface area contributed by atoms with E-state index in [-0.39, 0.29) is 0 Å². The fraction of sp³-hybridized carbons (Fsp3) is 0.214. The van der Waals surface area contributed by atoms with E-state index in [0.717, 1.165) is 19.0 Å². The van der Waals surface area contributed by atoms with Gasteiger partial charge in [-0.15, -0.1) is 0 Å². The van der Waals surface area contributed by atoms with Crippen molar-refractivity contribution in [1.82, 2.24) is 9.62 Å². The number of aromatic hydroxyl groups is 1. The smallest absolute Gasteiger partial charge is 0.417 e. The average molecular weight is 422 g/mol. The molecule has 0 saturated heterocycles. The van der Waals surface area contributed by atoms with Gasteiger partial charge >= 0.3 is 6.18 Å². The van der Waals surface area contributed by atoms with Gasteiger partial charge in [0, 0.05) is 14.1 Å². The third kappa shape index (κ3) is 3.58. The molecule has 1 aliphatic heterocycles. The number of halogens is 3. The summed E-state index contributed by atoms with van der Waals surface area (Å²) in [4.78, 5) is 34.9. The Morgan fingerprint density at radius 3 is 2.29 bits per heavy atom. The van der Waals surface area contributed by atoms with Crippen LogP contribution in [0.3, 0.4) is 0 Å². The lowest BCUT2D eigenvalue weighted by molar-refractivity contribution is -0.138. The highest BCUT2D eigenvalue weighted by atomic mass is 32.2. The zero-order valence-corrected chi connectivity index (χ0v) is 15.0. The molecule has 1 heterocycles. The molecule has 0 atom stereocenters. The second kappa shape index (κ2) is 6.70. The predicted octanol–water partition coefficient (Wildman–Crippen LogP) is -0.319. The summed E-state index contributed by atoms with van der Waals surface area (Å²) in [6, 6.07) is 1.11. The van der Waals surface area contributed by atoms with E-state index in [1.165, 1.54) is 4.72 Å². The molecule has 0 spiro atoms. The number of benzene rings is 1. The quantitative estimate of drug-likeness (QED) is 0.484. The molecular formula is C14H13F3N4O6S. The number of hydrogen-bond donors (Lipinski definition) is 4. The van der Waals surface area contributed by atoms with Crippen molar-refractivity contribution in [1.29, 1.82) is 0 Å². The maximum Gasteiger partial charge on any atom is 0.417 e. The van der Waals surface area contributed by atoms with E-state index >= 15 is 0 Å². The van der Waals surface area contributed by atoms with Gasteiger partial charge in [-0.3, -0.25) is 14.4 Å². The van der Waals surface area contributed by atoms with E-state index in [1.54, 1.807) is 0 Å². The molecule has 10 nitrogen and oxygen atoms in total. The van der Waals surface area contributed by atoms with E-state index in [0.29, 0.717) is 12.1 Å². The Balaban J connectivity index is 2.70. The lowest BCUT2D eigenvalue weighted by atomic mass is 10.0. The molecule has 0 unspecified atom stereocenters. The maximum atomic E-state index is 13.2. The largest absolute Gasteiger partial charge is 0.505 e. The summed E-state index contributed by atoms with van der Waals surface area (Å²) in [6.07, 6.45) is -5.00. The van der Waals surface area contributed by atoms with E-state index in [2.05, 4.69) is 5.32 Å². The van der Waals surface area contributed by atoms with E-state index < -0.39 is 67.1 Å². The fourth-order valence-corrected chi connectivity index (χ4v) is 3.46. The van der Waals surface area contributed by atoms with Gasteiger partial charge in [0.25, 0.3) is 27.7 Å². The molecule has 1 aliphatic rings. The second-order valence-electron chi connectivity index (χ2n) is 5.71. The molecule has 14 heteroatoms. The van der Waals surface area contributed by atoms with Crippen LogP contribution < -0.4 is 15.8 Å². The number of nitrogens with one attached hydrogen (secondary N) is 2. The lowest BCUT2D eigenvalue weighted by Crippen LogP contribution is -2.27. The van der Waals surface area contributed by atoms with Crippen molar-refractivity contribution >= 4 is 33.4 Å².